The van der Waals surface area contributed by atoms with Crippen LogP contribution in [0.2, 0.25) is 0 Å². The molecule has 0 spiro atoms. The highest BCUT2D eigenvalue weighted by atomic mass is 32.2. The molecule has 1 aromatic rings. The highest BCUT2D eigenvalue weighted by Crippen LogP contribution is 2.41. The van der Waals surface area contributed by atoms with Crippen LogP contribution in [0.1, 0.15) is 38.5 Å². The fourth-order valence-corrected chi connectivity index (χ4v) is 5.84. The molecule has 8 heteroatoms. The lowest BCUT2D eigenvalue weighted by Crippen LogP contribution is -2.47. The number of Topliss-reactive ketones (excluding diaryl/α,β-unsaturated/α-hetero) is 1. The zero-order chi connectivity index (χ0) is 21.8. The molecule has 0 aromatic heterocycles. The van der Waals surface area contributed by atoms with Gasteiger partial charge in [-0.3, -0.25) is 9.69 Å². The molecule has 3 aliphatic rings. The summed E-state index contributed by atoms with van der Waals surface area (Å²) in [6, 6.07) is 6.10. The van der Waals surface area contributed by atoms with Gasteiger partial charge in [0, 0.05) is 38.9 Å². The predicted molar refractivity (Wildman–Crippen MR) is 121 cm³/mol. The number of hydrogen-bond donors (Lipinski definition) is 0. The van der Waals surface area contributed by atoms with Crippen LogP contribution in [0, 0.1) is 11.8 Å². The van der Waals surface area contributed by atoms with Gasteiger partial charge < -0.3 is 14.4 Å². The molecule has 1 saturated heterocycles. The normalized spacial score (nSPS) is 24.4. The topological polar surface area (TPSA) is 76.2 Å². The van der Waals surface area contributed by atoms with Gasteiger partial charge in [0.1, 0.15) is 11.5 Å². The maximum atomic E-state index is 11.9. The molecule has 31 heavy (non-hydrogen) atoms. The smallest absolute Gasteiger partial charge is 0.231 e. The van der Waals surface area contributed by atoms with E-state index in [0.29, 0.717) is 19.1 Å². The van der Waals surface area contributed by atoms with E-state index >= 15 is 0 Å². The van der Waals surface area contributed by atoms with Crippen molar-refractivity contribution in [1.29, 1.82) is 0 Å². The number of fused-ring (bicyclic) bond motifs is 1. The first kappa shape index (κ1) is 22.4. The lowest BCUT2D eigenvalue weighted by atomic mass is 9.78. The van der Waals surface area contributed by atoms with Crippen LogP contribution in [0.25, 0.3) is 0 Å². The molecule has 2 heterocycles. The Morgan fingerprint density at radius 1 is 1.03 bits per heavy atom. The van der Waals surface area contributed by atoms with Gasteiger partial charge in [-0.1, -0.05) is 18.9 Å². The molecule has 0 atom stereocenters. The number of anilines is 1. The van der Waals surface area contributed by atoms with Crippen LogP contribution in [0.3, 0.4) is 0 Å². The van der Waals surface area contributed by atoms with Crippen LogP contribution in [0.15, 0.2) is 18.2 Å². The summed E-state index contributed by atoms with van der Waals surface area (Å²) in [5.74, 6) is 2.39. The summed E-state index contributed by atoms with van der Waals surface area (Å²) in [4.78, 5) is 16.9. The molecule has 2 aliphatic heterocycles. The Labute approximate surface area is 185 Å². The van der Waals surface area contributed by atoms with E-state index in [1.807, 2.05) is 12.1 Å². The van der Waals surface area contributed by atoms with E-state index in [4.69, 9.17) is 9.47 Å². The van der Waals surface area contributed by atoms with Gasteiger partial charge in [-0.2, -0.15) is 0 Å². The fourth-order valence-electron chi connectivity index (χ4n) is 5.14. The first-order valence-electron chi connectivity index (χ1n) is 11.4. The van der Waals surface area contributed by atoms with E-state index in [1.165, 1.54) is 6.42 Å². The van der Waals surface area contributed by atoms with Crippen molar-refractivity contribution >= 4 is 21.3 Å². The first-order valence-corrected chi connectivity index (χ1v) is 13.5. The van der Waals surface area contributed by atoms with Crippen molar-refractivity contribution in [2.24, 2.45) is 11.8 Å². The summed E-state index contributed by atoms with van der Waals surface area (Å²) in [7, 11) is -3.20. The average Bonchev–Trinajstić information content (AvgIpc) is 3.21. The van der Waals surface area contributed by atoms with E-state index in [9.17, 15) is 13.2 Å². The van der Waals surface area contributed by atoms with Crippen LogP contribution >= 0.6 is 0 Å². The number of para-hydroxylation sites is 1. The molecule has 1 aliphatic carbocycles. The molecule has 0 unspecified atom stereocenters. The Kier molecular flexibility index (Phi) is 7.06. The zero-order valence-corrected chi connectivity index (χ0v) is 19.2. The van der Waals surface area contributed by atoms with E-state index in [-0.39, 0.29) is 11.5 Å². The van der Waals surface area contributed by atoms with Crippen molar-refractivity contribution in [3.63, 3.8) is 0 Å². The number of rotatable bonds is 8. The van der Waals surface area contributed by atoms with Crippen LogP contribution in [-0.4, -0.2) is 70.6 Å². The average molecular weight is 451 g/mol. The molecule has 2 fully saturated rings. The second-order valence-corrected chi connectivity index (χ2v) is 11.5. The molecule has 0 bridgehead atoms. The number of nitrogens with zero attached hydrogens (tertiary/aromatic N) is 2. The van der Waals surface area contributed by atoms with Gasteiger partial charge in [-0.15, -0.1) is 0 Å². The predicted octanol–water partition coefficient (Wildman–Crippen LogP) is 2.74. The van der Waals surface area contributed by atoms with Gasteiger partial charge >= 0.3 is 0 Å². The standard InChI is InChI=1S/C23H34N2O5S/c1-31(27,28)16-20(26)15-19-7-5-18(6-8-19)9-10-24-11-13-25(14-12-24)21-3-2-4-22-23(21)30-17-29-22/h2-4,18-19H,5-17H2,1H3. The number of ketones is 1. The summed E-state index contributed by atoms with van der Waals surface area (Å²) in [6.07, 6.45) is 7.19. The van der Waals surface area contributed by atoms with Crippen molar-refractivity contribution in [1.82, 2.24) is 4.90 Å². The fraction of sp³-hybridized carbons (Fsp3) is 0.696. The molecular weight excluding hydrogens is 416 g/mol. The third kappa shape index (κ3) is 6.13. The van der Waals surface area contributed by atoms with Crippen molar-refractivity contribution in [2.45, 2.75) is 38.5 Å². The van der Waals surface area contributed by atoms with Crippen LogP contribution in [0.5, 0.6) is 11.5 Å². The monoisotopic (exact) mass is 450 g/mol. The van der Waals surface area contributed by atoms with Crippen molar-refractivity contribution in [2.75, 3.05) is 56.4 Å². The Balaban J connectivity index is 1.15. The van der Waals surface area contributed by atoms with Crippen molar-refractivity contribution in [3.8, 4) is 11.5 Å². The van der Waals surface area contributed by atoms with Gasteiger partial charge in [-0.25, -0.2) is 8.42 Å². The van der Waals surface area contributed by atoms with Gasteiger partial charge in [-0.05, 0) is 49.8 Å². The van der Waals surface area contributed by atoms with E-state index in [0.717, 1.165) is 87.8 Å². The largest absolute Gasteiger partial charge is 0.454 e. The third-order valence-electron chi connectivity index (χ3n) is 6.85. The number of carbonyl (C=O) groups is 1. The molecule has 7 nitrogen and oxygen atoms in total. The highest BCUT2D eigenvalue weighted by Gasteiger charge is 2.27. The maximum absolute atomic E-state index is 11.9. The van der Waals surface area contributed by atoms with E-state index in [2.05, 4.69) is 15.9 Å². The minimum Gasteiger partial charge on any atom is -0.454 e. The number of benzene rings is 1. The number of piperazine rings is 1. The van der Waals surface area contributed by atoms with Crippen molar-refractivity contribution in [3.05, 3.63) is 18.2 Å². The van der Waals surface area contributed by atoms with Crippen LogP contribution in [-0.2, 0) is 14.6 Å². The SMILES string of the molecule is CS(=O)(=O)CC(=O)CC1CCC(CCN2CCN(c3cccc4c3OCO4)CC2)CC1. The number of carbonyl (C=O) groups excluding carboxylic acids is 1. The summed E-state index contributed by atoms with van der Waals surface area (Å²) in [6.45, 7) is 5.53. The Morgan fingerprint density at radius 3 is 2.45 bits per heavy atom. The minimum absolute atomic E-state index is 0.121. The summed E-state index contributed by atoms with van der Waals surface area (Å²) in [5.41, 5.74) is 1.14. The number of ether oxygens (including phenoxy) is 2. The molecular formula is C23H34N2O5S. The van der Waals surface area contributed by atoms with Crippen LogP contribution < -0.4 is 14.4 Å². The quantitative estimate of drug-likeness (QED) is 0.603. The zero-order valence-electron chi connectivity index (χ0n) is 18.4. The number of hydrogen-bond acceptors (Lipinski definition) is 7. The van der Waals surface area contributed by atoms with E-state index in [1.54, 1.807) is 0 Å². The summed E-state index contributed by atoms with van der Waals surface area (Å²) in [5, 5.41) is 0. The molecule has 1 aromatic carbocycles. The van der Waals surface area contributed by atoms with Gasteiger partial charge in [0.15, 0.2) is 21.3 Å². The Hall–Kier alpha value is -1.80. The van der Waals surface area contributed by atoms with E-state index < -0.39 is 9.84 Å². The maximum Gasteiger partial charge on any atom is 0.231 e. The Morgan fingerprint density at radius 2 is 1.74 bits per heavy atom. The highest BCUT2D eigenvalue weighted by molar-refractivity contribution is 7.91. The summed E-state index contributed by atoms with van der Waals surface area (Å²) < 4.78 is 33.7. The number of sulfone groups is 1. The molecule has 172 valence electrons. The second kappa shape index (κ2) is 9.77. The van der Waals surface area contributed by atoms with Gasteiger partial charge in [0.2, 0.25) is 6.79 Å². The molecule has 0 amide bonds. The molecule has 1 saturated carbocycles. The molecule has 0 radical (unpaired) electrons. The second-order valence-electron chi connectivity index (χ2n) is 9.33. The van der Waals surface area contributed by atoms with Crippen molar-refractivity contribution < 1.29 is 22.7 Å². The van der Waals surface area contributed by atoms with Gasteiger partial charge in [0.05, 0.1) is 5.69 Å². The Bertz CT molecular complexity index is 872. The molecule has 0 N–H and O–H groups in total. The van der Waals surface area contributed by atoms with Gasteiger partial charge in [0.25, 0.3) is 0 Å². The molecule has 4 rings (SSSR count). The summed E-state index contributed by atoms with van der Waals surface area (Å²) >= 11 is 0. The third-order valence-corrected chi connectivity index (χ3v) is 7.69. The van der Waals surface area contributed by atoms with Crippen LogP contribution in [0.4, 0.5) is 5.69 Å². The minimum atomic E-state index is -3.20. The first-order chi connectivity index (χ1) is 14.9. The lowest BCUT2D eigenvalue weighted by Gasteiger charge is -2.37. The lowest BCUT2D eigenvalue weighted by molar-refractivity contribution is -0.117.